The van der Waals surface area contributed by atoms with E-state index in [1.54, 1.807) is 0 Å². The molecule has 3 heterocycles. The average Bonchev–Trinajstić information content (AvgIpc) is 3.12. The van der Waals surface area contributed by atoms with Crippen LogP contribution in [-0.4, -0.2) is 86.9 Å². The van der Waals surface area contributed by atoms with E-state index in [0.717, 1.165) is 44.8 Å². The topological polar surface area (TPSA) is 52.1 Å². The lowest BCUT2D eigenvalue weighted by atomic mass is 10.0. The van der Waals surface area contributed by atoms with Gasteiger partial charge in [-0.1, -0.05) is 13.3 Å². The highest BCUT2D eigenvalue weighted by Crippen LogP contribution is 2.22. The number of fused-ring (bicyclic) bond motifs is 1. The summed E-state index contributed by atoms with van der Waals surface area (Å²) in [7, 11) is 1.85. The lowest BCUT2D eigenvalue weighted by Gasteiger charge is -2.36. The summed E-state index contributed by atoms with van der Waals surface area (Å²) < 4.78 is 6.02. The number of aliphatic imine (C=N–C) groups is 1. The molecule has 0 spiro atoms. The van der Waals surface area contributed by atoms with Crippen molar-refractivity contribution in [1.82, 2.24) is 20.4 Å². The highest BCUT2D eigenvalue weighted by molar-refractivity contribution is 14.0. The summed E-state index contributed by atoms with van der Waals surface area (Å²) in [5.41, 5.74) is 0. The average molecular weight is 479 g/mol. The molecule has 0 saturated carbocycles. The fourth-order valence-electron chi connectivity index (χ4n) is 4.57. The minimum Gasteiger partial charge on any atom is -0.373 e. The maximum absolute atomic E-state index is 6.02. The highest BCUT2D eigenvalue weighted by atomic mass is 127. The van der Waals surface area contributed by atoms with Gasteiger partial charge in [0.15, 0.2) is 5.96 Å². The Bertz CT molecular complexity index is 436. The molecule has 0 aromatic heterocycles. The van der Waals surface area contributed by atoms with Crippen molar-refractivity contribution in [1.29, 1.82) is 0 Å². The summed E-state index contributed by atoms with van der Waals surface area (Å²) in [5.74, 6) is 0.900. The second-order valence-electron chi connectivity index (χ2n) is 7.72. The van der Waals surface area contributed by atoms with E-state index in [1.807, 2.05) is 7.05 Å². The Morgan fingerprint density at radius 2 is 2.04 bits per heavy atom. The fraction of sp³-hybridized carbons (Fsp3) is 0.947. The highest BCUT2D eigenvalue weighted by Gasteiger charge is 2.32. The number of halogens is 1. The SMILES string of the molecule is CCC1CCCCN1CCNC(=NC)NCC1CN2CCCC2CO1.I. The van der Waals surface area contributed by atoms with Crippen LogP contribution in [0, 0.1) is 0 Å². The number of rotatable bonds is 6. The predicted octanol–water partition coefficient (Wildman–Crippen LogP) is 1.90. The third-order valence-corrected chi connectivity index (χ3v) is 6.09. The van der Waals surface area contributed by atoms with Crippen LogP contribution in [0.5, 0.6) is 0 Å². The molecule has 0 aromatic rings. The van der Waals surface area contributed by atoms with E-state index in [0.29, 0.717) is 6.04 Å². The Labute approximate surface area is 176 Å². The molecule has 0 aliphatic carbocycles. The van der Waals surface area contributed by atoms with Crippen LogP contribution in [0.4, 0.5) is 0 Å². The summed E-state index contributed by atoms with van der Waals surface area (Å²) in [6, 6.07) is 1.44. The Kier molecular flexibility index (Phi) is 9.94. The van der Waals surface area contributed by atoms with Crippen molar-refractivity contribution in [2.75, 3.05) is 52.9 Å². The molecular weight excluding hydrogens is 441 g/mol. The summed E-state index contributed by atoms with van der Waals surface area (Å²) >= 11 is 0. The maximum Gasteiger partial charge on any atom is 0.191 e. The number of piperidine rings is 1. The molecule has 0 aromatic carbocycles. The molecule has 6 nitrogen and oxygen atoms in total. The summed E-state index contributed by atoms with van der Waals surface area (Å²) in [6.07, 6.45) is 8.28. The zero-order valence-electron chi connectivity index (χ0n) is 16.6. The number of nitrogens with one attached hydrogen (secondary N) is 2. The van der Waals surface area contributed by atoms with Gasteiger partial charge in [0.25, 0.3) is 0 Å². The number of ether oxygens (including phenoxy) is 1. The molecule has 3 unspecified atom stereocenters. The first-order chi connectivity index (χ1) is 12.3. The van der Waals surface area contributed by atoms with E-state index in [-0.39, 0.29) is 30.1 Å². The largest absolute Gasteiger partial charge is 0.373 e. The third-order valence-electron chi connectivity index (χ3n) is 6.09. The van der Waals surface area contributed by atoms with Gasteiger partial charge < -0.3 is 15.4 Å². The number of guanidine groups is 1. The van der Waals surface area contributed by atoms with Gasteiger partial charge in [0.1, 0.15) is 0 Å². The van der Waals surface area contributed by atoms with Gasteiger partial charge in [-0.2, -0.15) is 0 Å². The van der Waals surface area contributed by atoms with Crippen molar-refractivity contribution in [2.45, 2.75) is 63.6 Å². The summed E-state index contributed by atoms with van der Waals surface area (Å²) in [6.45, 7) is 9.65. The molecular formula is C19H38IN5O. The van der Waals surface area contributed by atoms with Crippen LogP contribution < -0.4 is 10.6 Å². The van der Waals surface area contributed by atoms with Gasteiger partial charge in [0, 0.05) is 45.3 Å². The molecule has 3 saturated heterocycles. The van der Waals surface area contributed by atoms with Crippen LogP contribution in [-0.2, 0) is 4.74 Å². The second kappa shape index (κ2) is 11.7. The van der Waals surface area contributed by atoms with Crippen LogP contribution in [0.2, 0.25) is 0 Å². The van der Waals surface area contributed by atoms with Gasteiger partial charge in [-0.05, 0) is 45.2 Å². The van der Waals surface area contributed by atoms with Crippen molar-refractivity contribution >= 4 is 29.9 Å². The van der Waals surface area contributed by atoms with E-state index in [2.05, 4.69) is 32.3 Å². The molecule has 3 atom stereocenters. The van der Waals surface area contributed by atoms with Crippen molar-refractivity contribution < 1.29 is 4.74 Å². The predicted molar refractivity (Wildman–Crippen MR) is 119 cm³/mol. The van der Waals surface area contributed by atoms with Crippen LogP contribution >= 0.6 is 24.0 Å². The molecule has 0 radical (unpaired) electrons. The Morgan fingerprint density at radius 1 is 1.15 bits per heavy atom. The normalized spacial score (nSPS) is 30.5. The molecule has 7 heteroatoms. The lowest BCUT2D eigenvalue weighted by molar-refractivity contribution is -0.0453. The van der Waals surface area contributed by atoms with E-state index in [4.69, 9.17) is 4.74 Å². The zero-order chi connectivity index (χ0) is 17.5. The fourth-order valence-corrected chi connectivity index (χ4v) is 4.57. The van der Waals surface area contributed by atoms with Gasteiger partial charge >= 0.3 is 0 Å². The molecule has 26 heavy (non-hydrogen) atoms. The number of hydrogen-bond donors (Lipinski definition) is 2. The molecule has 152 valence electrons. The molecule has 3 fully saturated rings. The number of morpholine rings is 1. The van der Waals surface area contributed by atoms with Crippen molar-refractivity contribution in [3.63, 3.8) is 0 Å². The number of hydrogen-bond acceptors (Lipinski definition) is 4. The maximum atomic E-state index is 6.02. The molecule has 0 bridgehead atoms. The van der Waals surface area contributed by atoms with E-state index >= 15 is 0 Å². The van der Waals surface area contributed by atoms with Crippen LogP contribution in [0.3, 0.4) is 0 Å². The first-order valence-corrected chi connectivity index (χ1v) is 10.3. The van der Waals surface area contributed by atoms with Gasteiger partial charge in [0.05, 0.1) is 12.7 Å². The molecule has 3 rings (SSSR count). The van der Waals surface area contributed by atoms with Gasteiger partial charge in [-0.15, -0.1) is 24.0 Å². The molecule has 2 N–H and O–H groups in total. The zero-order valence-corrected chi connectivity index (χ0v) is 18.9. The Hall–Kier alpha value is -0.120. The van der Waals surface area contributed by atoms with Crippen molar-refractivity contribution in [3.05, 3.63) is 0 Å². The smallest absolute Gasteiger partial charge is 0.191 e. The van der Waals surface area contributed by atoms with Crippen LogP contribution in [0.25, 0.3) is 0 Å². The van der Waals surface area contributed by atoms with E-state index in [1.165, 1.54) is 51.6 Å². The number of likely N-dealkylation sites (tertiary alicyclic amines) is 1. The third kappa shape index (κ3) is 6.21. The van der Waals surface area contributed by atoms with Crippen molar-refractivity contribution in [2.24, 2.45) is 4.99 Å². The monoisotopic (exact) mass is 479 g/mol. The summed E-state index contributed by atoms with van der Waals surface area (Å²) in [4.78, 5) is 9.60. The molecule has 0 amide bonds. The van der Waals surface area contributed by atoms with Crippen LogP contribution in [0.15, 0.2) is 4.99 Å². The first kappa shape index (κ1) is 22.2. The van der Waals surface area contributed by atoms with Crippen molar-refractivity contribution in [3.8, 4) is 0 Å². The van der Waals surface area contributed by atoms with Gasteiger partial charge in [-0.25, -0.2) is 0 Å². The quantitative estimate of drug-likeness (QED) is 0.346. The van der Waals surface area contributed by atoms with E-state index in [9.17, 15) is 0 Å². The minimum atomic E-state index is 0. The lowest BCUT2D eigenvalue weighted by Crippen LogP contribution is -2.52. The van der Waals surface area contributed by atoms with Gasteiger partial charge in [0.2, 0.25) is 0 Å². The Balaban J connectivity index is 0.00000243. The minimum absolute atomic E-state index is 0. The molecule has 3 aliphatic heterocycles. The molecule has 3 aliphatic rings. The van der Waals surface area contributed by atoms with Crippen LogP contribution in [0.1, 0.15) is 45.4 Å². The van der Waals surface area contributed by atoms with E-state index < -0.39 is 0 Å². The first-order valence-electron chi connectivity index (χ1n) is 10.3. The summed E-state index contributed by atoms with van der Waals surface area (Å²) in [5, 5.41) is 6.93. The Morgan fingerprint density at radius 3 is 2.85 bits per heavy atom. The number of nitrogens with zero attached hydrogens (tertiary/aromatic N) is 3. The standard InChI is InChI=1S/C19H37N5O.HI/c1-3-16-7-4-5-10-23(16)12-9-21-19(20-2)22-13-18-14-24-11-6-8-17(24)15-25-18;/h16-18H,3-15H2,1-2H3,(H2,20,21,22);1H. The van der Waals surface area contributed by atoms with Gasteiger partial charge in [-0.3, -0.25) is 14.8 Å². The second-order valence-corrected chi connectivity index (χ2v) is 7.72.